The van der Waals surface area contributed by atoms with Gasteiger partial charge in [0.2, 0.25) is 0 Å². The van der Waals surface area contributed by atoms with E-state index in [0.29, 0.717) is 17.7 Å². The van der Waals surface area contributed by atoms with E-state index >= 15 is 0 Å². The number of aromatic nitrogens is 2. The average Bonchev–Trinajstić information content (AvgIpc) is 3.69. The molecule has 0 radical (unpaired) electrons. The molecule has 2 aromatic carbocycles. The lowest BCUT2D eigenvalue weighted by atomic mass is 10.0. The number of nitrogens with zero attached hydrogens (tertiary/aromatic N) is 5. The van der Waals surface area contributed by atoms with Gasteiger partial charge in [0.25, 0.3) is 11.6 Å². The third-order valence-corrected chi connectivity index (χ3v) is 7.29. The summed E-state index contributed by atoms with van der Waals surface area (Å²) in [6, 6.07) is 12.7. The molecule has 1 aliphatic carbocycles. The average molecular weight is 504 g/mol. The van der Waals surface area contributed by atoms with Gasteiger partial charge in [-0.1, -0.05) is 25.1 Å². The number of para-hydroxylation sites is 2. The molecule has 2 heterocycles. The van der Waals surface area contributed by atoms with Crippen LogP contribution in [0.4, 0.5) is 5.69 Å². The number of carbonyl (C=O) groups is 1. The summed E-state index contributed by atoms with van der Waals surface area (Å²) in [5.41, 5.74) is 4.93. The summed E-state index contributed by atoms with van der Waals surface area (Å²) >= 11 is 0. The zero-order valence-corrected chi connectivity index (χ0v) is 21.6. The minimum atomic E-state index is -0.429. The minimum Gasteiger partial charge on any atom is -0.494 e. The first-order valence-electron chi connectivity index (χ1n) is 12.9. The van der Waals surface area contributed by atoms with Crippen LogP contribution in [-0.2, 0) is 19.5 Å². The monoisotopic (exact) mass is 503 g/mol. The van der Waals surface area contributed by atoms with Gasteiger partial charge in [-0.2, -0.15) is 5.10 Å². The summed E-state index contributed by atoms with van der Waals surface area (Å²) in [5.74, 6) is 0.560. The van der Waals surface area contributed by atoms with Gasteiger partial charge in [0, 0.05) is 48.3 Å². The van der Waals surface area contributed by atoms with Crippen LogP contribution in [0.5, 0.6) is 5.75 Å². The molecule has 2 aliphatic rings. The zero-order chi connectivity index (χ0) is 26.1. The third-order valence-electron chi connectivity index (χ3n) is 7.29. The van der Waals surface area contributed by atoms with Gasteiger partial charge < -0.3 is 9.64 Å². The lowest BCUT2D eigenvalue weighted by Gasteiger charge is -2.28. The number of carbonyl (C=O) groups excluding carboxylic acids is 1. The van der Waals surface area contributed by atoms with E-state index in [1.165, 1.54) is 11.6 Å². The molecular formula is C28H33N5O4. The maximum atomic E-state index is 13.7. The van der Waals surface area contributed by atoms with Crippen LogP contribution in [0, 0.1) is 17.0 Å². The summed E-state index contributed by atoms with van der Waals surface area (Å²) in [5, 5.41) is 16.6. The number of ether oxygens (including phenoxy) is 1. The van der Waals surface area contributed by atoms with Crippen LogP contribution in [0.25, 0.3) is 5.69 Å². The third kappa shape index (κ3) is 4.96. The fraction of sp³-hybridized carbons (Fsp3) is 0.429. The Morgan fingerprint density at radius 2 is 2.03 bits per heavy atom. The summed E-state index contributed by atoms with van der Waals surface area (Å²) in [6.45, 7) is 7.00. The molecule has 37 heavy (non-hydrogen) atoms. The Labute approximate surface area is 216 Å². The zero-order valence-electron chi connectivity index (χ0n) is 21.6. The predicted octanol–water partition coefficient (Wildman–Crippen LogP) is 4.67. The van der Waals surface area contributed by atoms with Crippen molar-refractivity contribution in [2.24, 2.45) is 0 Å². The summed E-state index contributed by atoms with van der Waals surface area (Å²) in [7, 11) is 1.66. The molecule has 1 saturated carbocycles. The van der Waals surface area contributed by atoms with Crippen LogP contribution in [-0.4, -0.2) is 56.7 Å². The first-order valence-corrected chi connectivity index (χ1v) is 12.9. The van der Waals surface area contributed by atoms with Crippen molar-refractivity contribution >= 4 is 11.6 Å². The highest BCUT2D eigenvalue weighted by atomic mass is 16.6. The van der Waals surface area contributed by atoms with E-state index in [1.807, 2.05) is 33.8 Å². The number of amides is 1. The van der Waals surface area contributed by atoms with E-state index in [9.17, 15) is 14.9 Å². The lowest BCUT2D eigenvalue weighted by Crippen LogP contribution is -2.35. The van der Waals surface area contributed by atoms with Crippen molar-refractivity contribution in [3.8, 4) is 11.4 Å². The van der Waals surface area contributed by atoms with Crippen molar-refractivity contribution in [3.05, 3.63) is 80.7 Å². The lowest BCUT2D eigenvalue weighted by molar-refractivity contribution is -0.385. The van der Waals surface area contributed by atoms with Crippen molar-refractivity contribution in [1.29, 1.82) is 0 Å². The largest absolute Gasteiger partial charge is 0.494 e. The number of fused-ring (bicyclic) bond motifs is 1. The molecule has 0 atom stereocenters. The Hall–Kier alpha value is -3.72. The second-order valence-electron chi connectivity index (χ2n) is 9.90. The van der Waals surface area contributed by atoms with Gasteiger partial charge in [0.1, 0.15) is 11.4 Å². The van der Waals surface area contributed by atoms with Crippen LogP contribution in [0.3, 0.4) is 0 Å². The van der Waals surface area contributed by atoms with Crippen molar-refractivity contribution in [3.63, 3.8) is 0 Å². The number of nitro benzene ring substituents is 1. The number of hydrogen-bond acceptors (Lipinski definition) is 6. The molecule has 0 N–H and O–H groups in total. The summed E-state index contributed by atoms with van der Waals surface area (Å²) < 4.78 is 7.62. The van der Waals surface area contributed by atoms with E-state index in [0.717, 1.165) is 68.1 Å². The maximum Gasteiger partial charge on any atom is 0.273 e. The van der Waals surface area contributed by atoms with E-state index < -0.39 is 4.92 Å². The SMILES string of the molecule is CCCN1CCc2c(c(CN(C(=O)c3ccc(C)c([N+](=O)[O-])c3)C3CC3)nn2-c2ccccc2OC)C1. The normalized spacial score (nSPS) is 15.3. The van der Waals surface area contributed by atoms with Gasteiger partial charge in [-0.25, -0.2) is 4.68 Å². The molecule has 1 fully saturated rings. The number of aryl methyl sites for hydroxylation is 1. The van der Waals surface area contributed by atoms with Crippen LogP contribution in [0.15, 0.2) is 42.5 Å². The molecule has 9 nitrogen and oxygen atoms in total. The topological polar surface area (TPSA) is 93.7 Å². The van der Waals surface area contributed by atoms with Crippen LogP contribution in [0.2, 0.25) is 0 Å². The van der Waals surface area contributed by atoms with Crippen LogP contribution in [0.1, 0.15) is 59.1 Å². The molecule has 0 spiro atoms. The van der Waals surface area contributed by atoms with Gasteiger partial charge >= 0.3 is 0 Å². The van der Waals surface area contributed by atoms with E-state index in [1.54, 1.807) is 26.2 Å². The van der Waals surface area contributed by atoms with Crippen molar-refractivity contribution < 1.29 is 14.5 Å². The maximum absolute atomic E-state index is 13.7. The number of benzene rings is 2. The molecule has 194 valence electrons. The molecule has 0 unspecified atom stereocenters. The molecule has 9 heteroatoms. The van der Waals surface area contributed by atoms with Gasteiger partial charge in [0.05, 0.1) is 30.0 Å². The van der Waals surface area contributed by atoms with Crippen molar-refractivity contribution in [2.75, 3.05) is 20.2 Å². The summed E-state index contributed by atoms with van der Waals surface area (Å²) in [6.07, 6.45) is 3.79. The Morgan fingerprint density at radius 1 is 1.24 bits per heavy atom. The Kier molecular flexibility index (Phi) is 6.97. The van der Waals surface area contributed by atoms with E-state index in [2.05, 4.69) is 11.8 Å². The highest BCUT2D eigenvalue weighted by molar-refractivity contribution is 5.95. The first-order chi connectivity index (χ1) is 17.9. The molecule has 0 bridgehead atoms. The number of methoxy groups -OCH3 is 1. The number of rotatable bonds is 9. The van der Waals surface area contributed by atoms with Gasteiger partial charge in [-0.05, 0) is 50.9 Å². The molecular weight excluding hydrogens is 470 g/mol. The smallest absolute Gasteiger partial charge is 0.273 e. The number of nitro groups is 1. The minimum absolute atomic E-state index is 0.0327. The number of hydrogen-bond donors (Lipinski definition) is 0. The highest BCUT2D eigenvalue weighted by Crippen LogP contribution is 2.34. The van der Waals surface area contributed by atoms with Gasteiger partial charge in [-0.3, -0.25) is 19.8 Å². The molecule has 1 aliphatic heterocycles. The second-order valence-corrected chi connectivity index (χ2v) is 9.90. The Morgan fingerprint density at radius 3 is 2.73 bits per heavy atom. The standard InChI is InChI=1S/C28H33N5O4/c1-4-14-30-15-13-24-22(17-30)23(29-32(24)25-7-5-6-8-27(25)37-3)18-31(21-11-12-21)28(34)20-10-9-19(2)26(16-20)33(35)36/h5-10,16,21H,4,11-15,17-18H2,1-3H3. The highest BCUT2D eigenvalue weighted by Gasteiger charge is 2.36. The van der Waals surface area contributed by atoms with Crippen molar-refractivity contribution in [1.82, 2.24) is 19.6 Å². The molecule has 3 aromatic rings. The van der Waals surface area contributed by atoms with Gasteiger partial charge in [-0.15, -0.1) is 0 Å². The van der Waals surface area contributed by atoms with E-state index in [-0.39, 0.29) is 17.6 Å². The first kappa shape index (κ1) is 25.0. The Bertz CT molecular complexity index is 1330. The molecule has 1 aromatic heterocycles. The predicted molar refractivity (Wildman–Crippen MR) is 140 cm³/mol. The molecule has 0 saturated heterocycles. The second kappa shape index (κ2) is 10.3. The Balaban J connectivity index is 1.53. The van der Waals surface area contributed by atoms with E-state index in [4.69, 9.17) is 9.84 Å². The van der Waals surface area contributed by atoms with Crippen molar-refractivity contribution in [2.45, 2.75) is 58.7 Å². The molecule has 1 amide bonds. The van der Waals surface area contributed by atoms with Crippen LogP contribution >= 0.6 is 0 Å². The quantitative estimate of drug-likeness (QED) is 0.311. The van der Waals surface area contributed by atoms with Crippen LogP contribution < -0.4 is 4.74 Å². The van der Waals surface area contributed by atoms with Gasteiger partial charge in [0.15, 0.2) is 0 Å². The fourth-order valence-electron chi connectivity index (χ4n) is 5.20. The molecule has 5 rings (SSSR count). The summed E-state index contributed by atoms with van der Waals surface area (Å²) in [4.78, 5) is 29.0. The fourth-order valence-corrected chi connectivity index (χ4v) is 5.20.